The molecule has 5 heteroatoms. The van der Waals surface area contributed by atoms with Crippen molar-refractivity contribution in [2.75, 3.05) is 0 Å². The summed E-state index contributed by atoms with van der Waals surface area (Å²) in [6, 6.07) is 3.78. The largest absolute Gasteiger partial charge is 0.318 e. The predicted molar refractivity (Wildman–Crippen MR) is 68.7 cm³/mol. The molecule has 1 aromatic carbocycles. The molecular weight excluding hydrogens is 262 g/mol. The van der Waals surface area contributed by atoms with Crippen molar-refractivity contribution in [1.29, 1.82) is 0 Å². The van der Waals surface area contributed by atoms with Crippen LogP contribution in [0.3, 0.4) is 0 Å². The minimum absolute atomic E-state index is 0.0934. The number of hydrogen-bond donors (Lipinski definition) is 1. The zero-order valence-electron chi connectivity index (χ0n) is 11.0. The Morgan fingerprint density at radius 2 is 2.00 bits per heavy atom. The highest BCUT2D eigenvalue weighted by Crippen LogP contribution is 2.49. The number of nitrogens with zero attached hydrogens (tertiary/aromatic N) is 1. The Morgan fingerprint density at radius 1 is 1.25 bits per heavy atom. The fourth-order valence-electron chi connectivity index (χ4n) is 3.23. The molecule has 3 aliphatic rings. The molecule has 1 aliphatic heterocycles. The Balaban J connectivity index is 1.73. The molecule has 4 rings (SSSR count). The van der Waals surface area contributed by atoms with E-state index in [1.165, 1.54) is 12.1 Å². The van der Waals surface area contributed by atoms with Crippen molar-refractivity contribution >= 4 is 5.91 Å². The number of carbonyl (C=O) groups excluding carboxylic acids is 1. The first-order chi connectivity index (χ1) is 9.61. The van der Waals surface area contributed by atoms with Crippen molar-refractivity contribution in [3.63, 3.8) is 0 Å². The highest BCUT2D eigenvalue weighted by atomic mass is 19.1. The topological polar surface area (TPSA) is 32.3 Å². The average Bonchev–Trinajstić information content (AvgIpc) is 3.06. The molecule has 1 atom stereocenters. The third-order valence-electron chi connectivity index (χ3n) is 4.81. The van der Waals surface area contributed by atoms with Crippen LogP contribution in [0.15, 0.2) is 18.2 Å². The third-order valence-corrected chi connectivity index (χ3v) is 4.81. The third kappa shape index (κ3) is 1.62. The molecule has 1 heterocycles. The van der Waals surface area contributed by atoms with Gasteiger partial charge in [-0.25, -0.2) is 8.78 Å². The van der Waals surface area contributed by atoms with Gasteiger partial charge in [-0.3, -0.25) is 10.1 Å². The number of amides is 1. The maximum atomic E-state index is 14.0. The van der Waals surface area contributed by atoms with E-state index in [4.69, 9.17) is 0 Å². The number of nitrogens with one attached hydrogen (secondary N) is 1. The number of halogens is 2. The Hall–Kier alpha value is -1.49. The van der Waals surface area contributed by atoms with E-state index in [2.05, 4.69) is 5.32 Å². The van der Waals surface area contributed by atoms with Gasteiger partial charge in [0.1, 0.15) is 23.3 Å². The molecule has 106 valence electrons. The normalized spacial score (nSPS) is 28.0. The number of benzene rings is 1. The van der Waals surface area contributed by atoms with Crippen molar-refractivity contribution < 1.29 is 13.6 Å². The van der Waals surface area contributed by atoms with E-state index in [1.54, 1.807) is 4.90 Å². The Bertz CT molecular complexity index is 581. The van der Waals surface area contributed by atoms with E-state index in [-0.39, 0.29) is 11.9 Å². The molecule has 0 aromatic heterocycles. The van der Waals surface area contributed by atoms with Gasteiger partial charge in [-0.1, -0.05) is 0 Å². The lowest BCUT2D eigenvalue weighted by atomic mass is 9.90. The molecule has 1 unspecified atom stereocenters. The van der Waals surface area contributed by atoms with Crippen molar-refractivity contribution in [1.82, 2.24) is 10.2 Å². The minimum Gasteiger partial charge on any atom is -0.318 e. The summed E-state index contributed by atoms with van der Waals surface area (Å²) in [6.45, 7) is 0. The van der Waals surface area contributed by atoms with Crippen LogP contribution in [-0.2, 0) is 4.79 Å². The molecule has 2 saturated carbocycles. The Morgan fingerprint density at radius 3 is 2.55 bits per heavy atom. The second-order valence-electron chi connectivity index (χ2n) is 6.09. The van der Waals surface area contributed by atoms with Crippen LogP contribution in [0.4, 0.5) is 8.78 Å². The SMILES string of the molecule is O=C1N(C2CCC2)C(c2ccc(F)cc2F)NC12CC2. The summed E-state index contributed by atoms with van der Waals surface area (Å²) in [5.41, 5.74) is -0.100. The summed E-state index contributed by atoms with van der Waals surface area (Å²) in [4.78, 5) is 14.4. The summed E-state index contributed by atoms with van der Waals surface area (Å²) >= 11 is 0. The maximum absolute atomic E-state index is 14.0. The van der Waals surface area contributed by atoms with Crippen molar-refractivity contribution in [3.05, 3.63) is 35.4 Å². The molecule has 0 radical (unpaired) electrons. The molecule has 2 aliphatic carbocycles. The van der Waals surface area contributed by atoms with Gasteiger partial charge in [0.05, 0.1) is 0 Å². The van der Waals surface area contributed by atoms with Crippen LogP contribution in [0.25, 0.3) is 0 Å². The van der Waals surface area contributed by atoms with Gasteiger partial charge in [-0.15, -0.1) is 0 Å². The van der Waals surface area contributed by atoms with Gasteiger partial charge < -0.3 is 4.90 Å². The first-order valence-electron chi connectivity index (χ1n) is 7.16. The highest BCUT2D eigenvalue weighted by Gasteiger charge is 2.61. The maximum Gasteiger partial charge on any atom is 0.244 e. The van der Waals surface area contributed by atoms with Crippen LogP contribution < -0.4 is 5.32 Å². The van der Waals surface area contributed by atoms with Crippen molar-refractivity contribution in [2.24, 2.45) is 0 Å². The summed E-state index contributed by atoms with van der Waals surface area (Å²) in [5, 5.41) is 3.28. The lowest BCUT2D eigenvalue weighted by molar-refractivity contribution is -0.134. The second kappa shape index (κ2) is 4.01. The summed E-state index contributed by atoms with van der Waals surface area (Å²) < 4.78 is 27.1. The van der Waals surface area contributed by atoms with Gasteiger partial charge in [-0.2, -0.15) is 0 Å². The molecule has 1 aromatic rings. The van der Waals surface area contributed by atoms with Crippen molar-refractivity contribution in [3.8, 4) is 0 Å². The molecule has 20 heavy (non-hydrogen) atoms. The molecule has 0 bridgehead atoms. The minimum atomic E-state index is -0.591. The van der Waals surface area contributed by atoms with Gasteiger partial charge in [0, 0.05) is 17.7 Å². The van der Waals surface area contributed by atoms with E-state index >= 15 is 0 Å². The standard InChI is InChI=1S/C15H16F2N2O/c16-9-4-5-11(12(17)8-9)13-18-15(6-7-15)14(20)19(13)10-2-1-3-10/h4-5,8,10,13,18H,1-3,6-7H2. The lowest BCUT2D eigenvalue weighted by Gasteiger charge is -2.38. The molecule has 3 fully saturated rings. The first kappa shape index (κ1) is 12.3. The van der Waals surface area contributed by atoms with Crippen LogP contribution in [0.2, 0.25) is 0 Å². The zero-order valence-corrected chi connectivity index (χ0v) is 11.0. The van der Waals surface area contributed by atoms with E-state index in [0.717, 1.165) is 38.2 Å². The molecule has 1 saturated heterocycles. The van der Waals surface area contributed by atoms with Crippen LogP contribution in [-0.4, -0.2) is 22.4 Å². The lowest BCUT2D eigenvalue weighted by Crippen LogP contribution is -2.44. The second-order valence-corrected chi connectivity index (χ2v) is 6.09. The monoisotopic (exact) mass is 278 g/mol. The fourth-order valence-corrected chi connectivity index (χ4v) is 3.23. The van der Waals surface area contributed by atoms with E-state index < -0.39 is 23.3 Å². The Labute approximate surface area is 116 Å². The zero-order chi connectivity index (χ0) is 13.9. The summed E-state index contributed by atoms with van der Waals surface area (Å²) in [5.74, 6) is -1.08. The fraction of sp³-hybridized carbons (Fsp3) is 0.533. The molecule has 1 N–H and O–H groups in total. The number of rotatable bonds is 2. The van der Waals surface area contributed by atoms with Crippen LogP contribution in [0, 0.1) is 11.6 Å². The molecule has 1 spiro atoms. The smallest absolute Gasteiger partial charge is 0.244 e. The molecular formula is C15H16F2N2O. The summed E-state index contributed by atoms with van der Waals surface area (Å²) in [6.07, 6.45) is 4.24. The van der Waals surface area contributed by atoms with Crippen LogP contribution >= 0.6 is 0 Å². The van der Waals surface area contributed by atoms with Gasteiger partial charge in [-0.05, 0) is 44.2 Å². The molecule has 3 nitrogen and oxygen atoms in total. The average molecular weight is 278 g/mol. The van der Waals surface area contributed by atoms with E-state index in [0.29, 0.717) is 5.56 Å². The van der Waals surface area contributed by atoms with Crippen LogP contribution in [0.1, 0.15) is 43.8 Å². The van der Waals surface area contributed by atoms with Gasteiger partial charge >= 0.3 is 0 Å². The quantitative estimate of drug-likeness (QED) is 0.901. The Kier molecular flexibility index (Phi) is 2.46. The highest BCUT2D eigenvalue weighted by molar-refractivity contribution is 5.92. The first-order valence-corrected chi connectivity index (χ1v) is 7.16. The van der Waals surface area contributed by atoms with E-state index in [9.17, 15) is 13.6 Å². The van der Waals surface area contributed by atoms with Gasteiger partial charge in [0.25, 0.3) is 0 Å². The summed E-state index contributed by atoms with van der Waals surface area (Å²) in [7, 11) is 0. The molecule has 1 amide bonds. The predicted octanol–water partition coefficient (Wildman–Crippen LogP) is 2.48. The van der Waals surface area contributed by atoms with Crippen molar-refractivity contribution in [2.45, 2.75) is 49.9 Å². The van der Waals surface area contributed by atoms with Gasteiger partial charge in [0.2, 0.25) is 5.91 Å². The van der Waals surface area contributed by atoms with Crippen LogP contribution in [0.5, 0.6) is 0 Å². The number of hydrogen-bond acceptors (Lipinski definition) is 2. The van der Waals surface area contributed by atoms with Gasteiger partial charge in [0.15, 0.2) is 0 Å². The number of carbonyl (C=O) groups is 1. The van der Waals surface area contributed by atoms with E-state index in [1.807, 2.05) is 0 Å².